The number of H-pyrrole nitrogens is 1. The van der Waals surface area contributed by atoms with Crippen LogP contribution in [0.25, 0.3) is 0 Å². The molecule has 1 heterocycles. The molecule has 0 spiro atoms. The maximum absolute atomic E-state index is 3.30. The van der Waals surface area contributed by atoms with Gasteiger partial charge >= 0.3 is 0 Å². The standard InChI is InChI=1S/C33H48N2/c1-2-3-4-5-6-7-8-9-10-11-12-19-24-33(35-26-25-34-29-35)32(27-30-20-15-13-16-21-30)28-31-22-17-14-18-23-31/h13-18,20-23,25-26,29,32-33H,2-12,19,24,27-28H2,1H3/p+1. The molecule has 3 rings (SSSR count). The van der Waals surface area contributed by atoms with Crippen molar-refractivity contribution in [1.29, 1.82) is 0 Å². The van der Waals surface area contributed by atoms with Crippen molar-refractivity contribution in [3.05, 3.63) is 90.5 Å². The Labute approximate surface area is 215 Å². The SMILES string of the molecule is CCCCCCCCCCCCCCC(C(Cc1ccccc1)Cc1ccccc1)[n+]1cc[nH]c1. The summed E-state index contributed by atoms with van der Waals surface area (Å²) in [4.78, 5) is 3.30. The molecule has 0 fully saturated rings. The van der Waals surface area contributed by atoms with Crippen molar-refractivity contribution in [1.82, 2.24) is 4.98 Å². The van der Waals surface area contributed by atoms with Gasteiger partial charge in [0.15, 0.2) is 0 Å². The van der Waals surface area contributed by atoms with Gasteiger partial charge in [0.25, 0.3) is 0 Å². The highest BCUT2D eigenvalue weighted by atomic mass is 15.1. The molecule has 3 aromatic rings. The summed E-state index contributed by atoms with van der Waals surface area (Å²) in [6.07, 6.45) is 26.8. The van der Waals surface area contributed by atoms with Gasteiger partial charge in [-0.1, -0.05) is 138 Å². The van der Waals surface area contributed by atoms with Crippen LogP contribution in [0.5, 0.6) is 0 Å². The van der Waals surface area contributed by atoms with E-state index in [0.717, 1.165) is 12.8 Å². The Bertz CT molecular complexity index is 815. The van der Waals surface area contributed by atoms with Gasteiger partial charge in [0.1, 0.15) is 18.4 Å². The van der Waals surface area contributed by atoms with Gasteiger partial charge in [0.05, 0.1) is 0 Å². The molecular formula is C33H49N2+. The first kappa shape index (κ1) is 27.2. The van der Waals surface area contributed by atoms with E-state index >= 15 is 0 Å². The van der Waals surface area contributed by atoms with E-state index in [1.165, 1.54) is 94.6 Å². The first-order chi connectivity index (χ1) is 17.4. The maximum atomic E-state index is 3.30. The summed E-state index contributed by atoms with van der Waals surface area (Å²) in [6, 6.07) is 22.7. The Kier molecular flexibility index (Phi) is 13.3. The lowest BCUT2D eigenvalue weighted by Crippen LogP contribution is -2.43. The smallest absolute Gasteiger partial charge is 0.241 e. The van der Waals surface area contributed by atoms with Gasteiger partial charge in [-0.3, -0.25) is 4.98 Å². The number of unbranched alkanes of at least 4 members (excludes halogenated alkanes) is 11. The number of nitrogens with zero attached hydrogens (tertiary/aromatic N) is 1. The molecule has 1 aromatic heterocycles. The first-order valence-electron chi connectivity index (χ1n) is 14.5. The second-order valence-electron chi connectivity index (χ2n) is 10.4. The van der Waals surface area contributed by atoms with Crippen LogP contribution in [-0.4, -0.2) is 4.98 Å². The number of aromatic nitrogens is 2. The summed E-state index contributed by atoms with van der Waals surface area (Å²) >= 11 is 0. The zero-order chi connectivity index (χ0) is 24.4. The van der Waals surface area contributed by atoms with Crippen LogP contribution in [0.2, 0.25) is 0 Å². The Balaban J connectivity index is 1.48. The predicted molar refractivity (Wildman–Crippen MR) is 150 cm³/mol. The van der Waals surface area contributed by atoms with Gasteiger partial charge in [-0.25, -0.2) is 4.57 Å². The zero-order valence-electron chi connectivity index (χ0n) is 22.2. The summed E-state index contributed by atoms with van der Waals surface area (Å²) in [7, 11) is 0. The molecular weight excluding hydrogens is 424 g/mol. The molecule has 35 heavy (non-hydrogen) atoms. The lowest BCUT2D eigenvalue weighted by Gasteiger charge is -2.25. The average Bonchev–Trinajstić information content (AvgIpc) is 3.42. The Morgan fingerprint density at radius 2 is 1.11 bits per heavy atom. The number of rotatable bonds is 19. The van der Waals surface area contributed by atoms with E-state index in [4.69, 9.17) is 0 Å². The molecule has 2 nitrogen and oxygen atoms in total. The molecule has 0 saturated heterocycles. The van der Waals surface area contributed by atoms with Crippen molar-refractivity contribution in [2.45, 2.75) is 109 Å². The summed E-state index contributed by atoms with van der Waals surface area (Å²) < 4.78 is 2.44. The van der Waals surface area contributed by atoms with Gasteiger partial charge in [-0.15, -0.1) is 0 Å². The third-order valence-corrected chi connectivity index (χ3v) is 7.53. The summed E-state index contributed by atoms with van der Waals surface area (Å²) in [5.74, 6) is 0.577. The normalized spacial score (nSPS) is 12.3. The van der Waals surface area contributed by atoms with E-state index in [9.17, 15) is 0 Å². The van der Waals surface area contributed by atoms with Crippen LogP contribution < -0.4 is 4.57 Å². The molecule has 2 heteroatoms. The Morgan fingerprint density at radius 3 is 1.57 bits per heavy atom. The summed E-state index contributed by atoms with van der Waals surface area (Å²) in [5.41, 5.74) is 2.90. The van der Waals surface area contributed by atoms with E-state index in [2.05, 4.69) is 95.9 Å². The number of benzene rings is 2. The highest BCUT2D eigenvalue weighted by molar-refractivity contribution is 5.19. The molecule has 1 unspecified atom stereocenters. The van der Waals surface area contributed by atoms with Crippen molar-refractivity contribution in [3.63, 3.8) is 0 Å². The van der Waals surface area contributed by atoms with Gasteiger partial charge in [0, 0.05) is 5.92 Å². The molecule has 0 radical (unpaired) electrons. The monoisotopic (exact) mass is 473 g/mol. The van der Waals surface area contributed by atoms with Crippen molar-refractivity contribution in [2.24, 2.45) is 5.92 Å². The molecule has 1 N–H and O–H groups in total. The Hall–Kier alpha value is -2.35. The van der Waals surface area contributed by atoms with Crippen molar-refractivity contribution in [2.75, 3.05) is 0 Å². The topological polar surface area (TPSA) is 19.7 Å². The number of hydrogen-bond donors (Lipinski definition) is 1. The zero-order valence-corrected chi connectivity index (χ0v) is 22.2. The second kappa shape index (κ2) is 17.1. The van der Waals surface area contributed by atoms with Gasteiger partial charge < -0.3 is 0 Å². The van der Waals surface area contributed by atoms with Crippen LogP contribution in [0.15, 0.2) is 79.4 Å². The van der Waals surface area contributed by atoms with E-state index in [1.54, 1.807) is 0 Å². The average molecular weight is 474 g/mol. The molecule has 1 atom stereocenters. The molecule has 0 saturated carbocycles. The van der Waals surface area contributed by atoms with E-state index in [1.807, 2.05) is 0 Å². The number of hydrogen-bond acceptors (Lipinski definition) is 0. The number of aromatic amines is 1. The Morgan fingerprint density at radius 1 is 0.629 bits per heavy atom. The fourth-order valence-electron chi connectivity index (χ4n) is 5.51. The lowest BCUT2D eigenvalue weighted by molar-refractivity contribution is -0.729. The molecule has 0 aliphatic carbocycles. The van der Waals surface area contributed by atoms with Gasteiger partial charge in [-0.05, 0) is 36.8 Å². The number of imidazole rings is 1. The van der Waals surface area contributed by atoms with Crippen molar-refractivity contribution in [3.8, 4) is 0 Å². The van der Waals surface area contributed by atoms with Gasteiger partial charge in [0.2, 0.25) is 6.33 Å². The maximum Gasteiger partial charge on any atom is 0.241 e. The molecule has 0 bridgehead atoms. The molecule has 2 aromatic carbocycles. The van der Waals surface area contributed by atoms with Crippen LogP contribution in [-0.2, 0) is 12.8 Å². The minimum absolute atomic E-state index is 0.518. The predicted octanol–water partition coefficient (Wildman–Crippen LogP) is 9.04. The third-order valence-electron chi connectivity index (χ3n) is 7.53. The summed E-state index contributed by atoms with van der Waals surface area (Å²) in [6.45, 7) is 2.30. The highest BCUT2D eigenvalue weighted by Crippen LogP contribution is 2.27. The van der Waals surface area contributed by atoms with Crippen molar-refractivity contribution < 1.29 is 4.57 Å². The van der Waals surface area contributed by atoms with E-state index in [-0.39, 0.29) is 0 Å². The second-order valence-corrected chi connectivity index (χ2v) is 10.4. The minimum Gasteiger partial charge on any atom is -0.250 e. The molecule has 0 amide bonds. The highest BCUT2D eigenvalue weighted by Gasteiger charge is 2.27. The van der Waals surface area contributed by atoms with Crippen LogP contribution in [0.4, 0.5) is 0 Å². The number of nitrogens with one attached hydrogen (secondary N) is 1. The van der Waals surface area contributed by atoms with E-state index in [0.29, 0.717) is 12.0 Å². The van der Waals surface area contributed by atoms with Crippen LogP contribution >= 0.6 is 0 Å². The van der Waals surface area contributed by atoms with E-state index < -0.39 is 0 Å². The van der Waals surface area contributed by atoms with Crippen LogP contribution in [0, 0.1) is 5.92 Å². The quantitative estimate of drug-likeness (QED) is 0.132. The third kappa shape index (κ3) is 10.8. The molecule has 0 aliphatic rings. The molecule has 0 aliphatic heterocycles. The first-order valence-corrected chi connectivity index (χ1v) is 14.5. The fraction of sp³-hybridized carbons (Fsp3) is 0.545. The van der Waals surface area contributed by atoms with Crippen LogP contribution in [0.1, 0.15) is 108 Å². The summed E-state index contributed by atoms with van der Waals surface area (Å²) in [5, 5.41) is 0. The molecule has 190 valence electrons. The minimum atomic E-state index is 0.518. The largest absolute Gasteiger partial charge is 0.250 e. The fourth-order valence-corrected chi connectivity index (χ4v) is 5.51. The lowest BCUT2D eigenvalue weighted by atomic mass is 9.84. The van der Waals surface area contributed by atoms with Gasteiger partial charge in [-0.2, -0.15) is 0 Å². The van der Waals surface area contributed by atoms with Crippen LogP contribution in [0.3, 0.4) is 0 Å². The van der Waals surface area contributed by atoms with Crippen molar-refractivity contribution >= 4 is 0 Å².